The molecule has 0 spiro atoms. The number of amides is 1. The van der Waals surface area contributed by atoms with Crippen LogP contribution >= 0.6 is 0 Å². The fourth-order valence-electron chi connectivity index (χ4n) is 2.79. The normalized spacial score (nSPS) is 29.5. The van der Waals surface area contributed by atoms with Gasteiger partial charge in [-0.25, -0.2) is 0 Å². The molecule has 2 fully saturated rings. The van der Waals surface area contributed by atoms with E-state index in [1.165, 1.54) is 0 Å². The molecule has 2 aliphatic rings. The van der Waals surface area contributed by atoms with Crippen LogP contribution in [0, 0.1) is 0 Å². The Morgan fingerprint density at radius 2 is 1.84 bits per heavy atom. The smallest absolute Gasteiger partial charge is 0.236 e. The molecule has 0 aliphatic carbocycles. The second-order valence-electron chi connectivity index (χ2n) is 5.23. The number of methoxy groups -OCH3 is 2. The maximum absolute atomic E-state index is 12.3. The van der Waals surface area contributed by atoms with Crippen LogP contribution in [0.1, 0.15) is 6.42 Å². The Hall–Kier alpha value is -0.690. The van der Waals surface area contributed by atoms with E-state index < -0.39 is 0 Å². The zero-order valence-corrected chi connectivity index (χ0v) is 11.9. The summed E-state index contributed by atoms with van der Waals surface area (Å²) >= 11 is 0. The maximum atomic E-state index is 12.3. The van der Waals surface area contributed by atoms with Crippen molar-refractivity contribution >= 4 is 5.91 Å². The molecule has 2 heterocycles. The predicted molar refractivity (Wildman–Crippen MR) is 72.1 cm³/mol. The van der Waals surface area contributed by atoms with Gasteiger partial charge in [0.2, 0.25) is 5.91 Å². The topological polar surface area (TPSA) is 54.0 Å². The first-order chi connectivity index (χ1) is 9.24. The Morgan fingerprint density at radius 1 is 1.16 bits per heavy atom. The lowest BCUT2D eigenvalue weighted by molar-refractivity contribution is -0.132. The van der Waals surface area contributed by atoms with Gasteiger partial charge in [-0.2, -0.15) is 0 Å². The van der Waals surface area contributed by atoms with E-state index in [-0.39, 0.29) is 18.1 Å². The molecule has 0 aromatic rings. The second-order valence-corrected chi connectivity index (χ2v) is 5.23. The maximum Gasteiger partial charge on any atom is 0.236 e. The molecule has 0 radical (unpaired) electrons. The number of rotatable bonds is 4. The van der Waals surface area contributed by atoms with Crippen LogP contribution in [0.25, 0.3) is 0 Å². The van der Waals surface area contributed by atoms with Crippen LogP contribution < -0.4 is 5.32 Å². The van der Waals surface area contributed by atoms with Crippen LogP contribution in [0.2, 0.25) is 0 Å². The lowest BCUT2D eigenvalue weighted by Crippen LogP contribution is -2.41. The Labute approximate surface area is 115 Å². The number of carbonyl (C=O) groups excluding carboxylic acids is 1. The standard InChI is InChI=1S/C13H25N3O3/c1-18-11-8-15(9-12(11)19-2)10-13(17)16-6-3-4-14-5-7-16/h11-12,14H,3-10H2,1-2H3. The van der Waals surface area contributed by atoms with Crippen molar-refractivity contribution in [2.45, 2.75) is 18.6 Å². The average Bonchev–Trinajstić information content (AvgIpc) is 2.63. The van der Waals surface area contributed by atoms with Crippen LogP contribution in [0.3, 0.4) is 0 Å². The third kappa shape index (κ3) is 3.89. The van der Waals surface area contributed by atoms with E-state index >= 15 is 0 Å². The highest BCUT2D eigenvalue weighted by molar-refractivity contribution is 5.78. The molecule has 2 rings (SSSR count). The van der Waals surface area contributed by atoms with E-state index in [1.54, 1.807) is 14.2 Å². The minimum Gasteiger partial charge on any atom is -0.377 e. The van der Waals surface area contributed by atoms with Gasteiger partial charge in [0.25, 0.3) is 0 Å². The van der Waals surface area contributed by atoms with Crippen LogP contribution in [-0.2, 0) is 14.3 Å². The Balaban J connectivity index is 1.82. The fraction of sp³-hybridized carbons (Fsp3) is 0.923. The van der Waals surface area contributed by atoms with Crippen molar-refractivity contribution in [1.29, 1.82) is 0 Å². The molecular formula is C13H25N3O3. The van der Waals surface area contributed by atoms with Crippen molar-refractivity contribution in [1.82, 2.24) is 15.1 Å². The first-order valence-electron chi connectivity index (χ1n) is 7.01. The molecule has 110 valence electrons. The molecular weight excluding hydrogens is 246 g/mol. The number of hydrogen-bond acceptors (Lipinski definition) is 5. The third-order valence-corrected chi connectivity index (χ3v) is 3.95. The van der Waals surface area contributed by atoms with Crippen LogP contribution in [0.5, 0.6) is 0 Å². The molecule has 6 nitrogen and oxygen atoms in total. The summed E-state index contributed by atoms with van der Waals surface area (Å²) in [4.78, 5) is 16.4. The summed E-state index contributed by atoms with van der Waals surface area (Å²) in [7, 11) is 3.39. The second kappa shape index (κ2) is 7.19. The van der Waals surface area contributed by atoms with Gasteiger partial charge >= 0.3 is 0 Å². The molecule has 1 amide bonds. The zero-order valence-electron chi connectivity index (χ0n) is 11.9. The molecule has 2 saturated heterocycles. The lowest BCUT2D eigenvalue weighted by atomic mass is 10.3. The first-order valence-corrected chi connectivity index (χ1v) is 7.01. The zero-order chi connectivity index (χ0) is 13.7. The Kier molecular flexibility index (Phi) is 5.57. The van der Waals surface area contributed by atoms with Gasteiger partial charge in [-0.15, -0.1) is 0 Å². The summed E-state index contributed by atoms with van der Waals surface area (Å²) in [6, 6.07) is 0. The van der Waals surface area contributed by atoms with Gasteiger partial charge in [0.15, 0.2) is 0 Å². The molecule has 2 aliphatic heterocycles. The van der Waals surface area contributed by atoms with Gasteiger partial charge < -0.3 is 19.7 Å². The van der Waals surface area contributed by atoms with Gasteiger partial charge in [0.05, 0.1) is 18.8 Å². The van der Waals surface area contributed by atoms with Gasteiger partial charge in [0.1, 0.15) is 0 Å². The summed E-state index contributed by atoms with van der Waals surface area (Å²) in [5, 5.41) is 3.31. The van der Waals surface area contributed by atoms with Gasteiger partial charge in [-0.1, -0.05) is 0 Å². The monoisotopic (exact) mass is 271 g/mol. The highest BCUT2D eigenvalue weighted by Crippen LogP contribution is 2.15. The number of likely N-dealkylation sites (tertiary alicyclic amines) is 1. The predicted octanol–water partition coefficient (Wildman–Crippen LogP) is -0.846. The molecule has 0 aromatic carbocycles. The summed E-state index contributed by atoms with van der Waals surface area (Å²) in [6.07, 6.45) is 1.18. The van der Waals surface area contributed by atoms with Crippen LogP contribution in [-0.4, -0.2) is 87.9 Å². The van der Waals surface area contributed by atoms with Crippen molar-refractivity contribution in [3.05, 3.63) is 0 Å². The summed E-state index contributed by atoms with van der Waals surface area (Å²) in [5.74, 6) is 0.218. The van der Waals surface area contributed by atoms with Crippen molar-refractivity contribution in [2.75, 3.05) is 60.0 Å². The van der Waals surface area contributed by atoms with E-state index in [9.17, 15) is 4.79 Å². The minimum absolute atomic E-state index is 0.0728. The molecule has 0 aromatic heterocycles. The lowest BCUT2D eigenvalue weighted by Gasteiger charge is -2.23. The number of ether oxygens (including phenoxy) is 2. The fourth-order valence-corrected chi connectivity index (χ4v) is 2.79. The first kappa shape index (κ1) is 14.7. The molecule has 2 unspecified atom stereocenters. The largest absolute Gasteiger partial charge is 0.377 e. The van der Waals surface area contributed by atoms with E-state index in [2.05, 4.69) is 10.2 Å². The van der Waals surface area contributed by atoms with E-state index in [0.717, 1.165) is 45.7 Å². The van der Waals surface area contributed by atoms with Gasteiger partial charge in [-0.3, -0.25) is 9.69 Å². The molecule has 0 saturated carbocycles. The third-order valence-electron chi connectivity index (χ3n) is 3.95. The minimum atomic E-state index is 0.0728. The van der Waals surface area contributed by atoms with Crippen molar-refractivity contribution in [3.8, 4) is 0 Å². The van der Waals surface area contributed by atoms with Crippen LogP contribution in [0.4, 0.5) is 0 Å². The number of hydrogen-bond donors (Lipinski definition) is 1. The number of nitrogens with zero attached hydrogens (tertiary/aromatic N) is 2. The number of nitrogens with one attached hydrogen (secondary N) is 1. The van der Waals surface area contributed by atoms with Crippen LogP contribution in [0.15, 0.2) is 0 Å². The van der Waals surface area contributed by atoms with E-state index in [4.69, 9.17) is 9.47 Å². The Bertz CT molecular complexity index is 281. The summed E-state index contributed by atoms with van der Waals surface area (Å²) in [5.41, 5.74) is 0. The number of carbonyl (C=O) groups is 1. The molecule has 0 bridgehead atoms. The van der Waals surface area contributed by atoms with Gasteiger partial charge in [-0.05, 0) is 13.0 Å². The summed E-state index contributed by atoms with van der Waals surface area (Å²) in [6.45, 7) is 5.59. The molecule has 6 heteroatoms. The average molecular weight is 271 g/mol. The SMILES string of the molecule is COC1CN(CC(=O)N2CCCNCC2)CC1OC. The van der Waals surface area contributed by atoms with Crippen molar-refractivity contribution in [2.24, 2.45) is 0 Å². The molecule has 2 atom stereocenters. The quantitative estimate of drug-likeness (QED) is 0.722. The Morgan fingerprint density at radius 3 is 2.47 bits per heavy atom. The highest BCUT2D eigenvalue weighted by Gasteiger charge is 2.34. The van der Waals surface area contributed by atoms with E-state index in [0.29, 0.717) is 6.54 Å². The van der Waals surface area contributed by atoms with Crippen molar-refractivity contribution < 1.29 is 14.3 Å². The molecule has 1 N–H and O–H groups in total. The molecule has 19 heavy (non-hydrogen) atoms. The summed E-state index contributed by atoms with van der Waals surface area (Å²) < 4.78 is 10.8. The van der Waals surface area contributed by atoms with E-state index in [1.807, 2.05) is 4.90 Å². The van der Waals surface area contributed by atoms with Crippen molar-refractivity contribution in [3.63, 3.8) is 0 Å². The highest BCUT2D eigenvalue weighted by atomic mass is 16.5. The van der Waals surface area contributed by atoms with Gasteiger partial charge in [0, 0.05) is 46.9 Å².